The van der Waals surface area contributed by atoms with Crippen molar-refractivity contribution in [3.63, 3.8) is 0 Å². The van der Waals surface area contributed by atoms with Gasteiger partial charge in [-0.1, -0.05) is 45.2 Å². The first-order valence-corrected chi connectivity index (χ1v) is 6.94. The van der Waals surface area contributed by atoms with Crippen LogP contribution in [0.2, 0.25) is 10.0 Å². The largest absolute Gasteiger partial charge is 0.294 e. The Morgan fingerprint density at radius 3 is 2.58 bits per heavy atom. The molecule has 0 aromatic heterocycles. The van der Waals surface area contributed by atoms with Crippen LogP contribution >= 0.6 is 39.1 Å². The van der Waals surface area contributed by atoms with Gasteiger partial charge in [0.1, 0.15) is 5.82 Å². The first-order valence-electron chi connectivity index (χ1n) is 5.39. The zero-order valence-corrected chi connectivity index (χ0v) is 12.7. The van der Waals surface area contributed by atoms with Crippen LogP contribution in [0.1, 0.15) is 15.9 Å². The Balaban J connectivity index is 2.31. The number of halogens is 4. The van der Waals surface area contributed by atoms with Gasteiger partial charge in [-0.2, -0.15) is 0 Å². The Morgan fingerprint density at radius 1 is 1.21 bits per heavy atom. The lowest BCUT2D eigenvalue weighted by Crippen LogP contribution is -2.06. The number of hydrogen-bond acceptors (Lipinski definition) is 1. The van der Waals surface area contributed by atoms with E-state index in [0.29, 0.717) is 15.1 Å². The number of carbonyl (C=O) groups is 1. The lowest BCUT2D eigenvalue weighted by atomic mass is 10.0. The predicted octanol–water partition coefficient (Wildman–Crippen LogP) is 5.32. The molecule has 0 saturated carbocycles. The van der Waals surface area contributed by atoms with Gasteiger partial charge in [0.05, 0.1) is 0 Å². The molecule has 0 bridgehead atoms. The Bertz CT molecular complexity index is 603. The molecule has 0 aliphatic rings. The SMILES string of the molecule is O=C(Cc1c(F)cccc1Cl)c1cc(Cl)cc(Br)c1. The maximum atomic E-state index is 13.6. The smallest absolute Gasteiger partial charge is 0.167 e. The van der Waals surface area contributed by atoms with Crippen LogP contribution in [-0.4, -0.2) is 5.78 Å². The van der Waals surface area contributed by atoms with Gasteiger partial charge in [0.15, 0.2) is 5.78 Å². The van der Waals surface area contributed by atoms with Crippen LogP contribution in [0.25, 0.3) is 0 Å². The summed E-state index contributed by atoms with van der Waals surface area (Å²) < 4.78 is 14.3. The van der Waals surface area contributed by atoms with Gasteiger partial charge in [-0.05, 0) is 30.3 Å². The van der Waals surface area contributed by atoms with Gasteiger partial charge >= 0.3 is 0 Å². The topological polar surface area (TPSA) is 17.1 Å². The normalized spacial score (nSPS) is 10.5. The number of hydrogen-bond donors (Lipinski definition) is 0. The second-order valence-corrected chi connectivity index (χ2v) is 5.72. The van der Waals surface area contributed by atoms with E-state index in [4.69, 9.17) is 23.2 Å². The Hall–Kier alpha value is -0.900. The van der Waals surface area contributed by atoms with E-state index in [1.165, 1.54) is 12.1 Å². The molecule has 19 heavy (non-hydrogen) atoms. The molecular formula is C14H8BrCl2FO. The van der Waals surface area contributed by atoms with Crippen molar-refractivity contribution in [1.82, 2.24) is 0 Å². The third kappa shape index (κ3) is 3.56. The first kappa shape index (κ1) is 14.5. The van der Waals surface area contributed by atoms with Crippen molar-refractivity contribution in [2.75, 3.05) is 0 Å². The number of benzene rings is 2. The molecule has 5 heteroatoms. The lowest BCUT2D eigenvalue weighted by Gasteiger charge is -2.06. The zero-order valence-electron chi connectivity index (χ0n) is 9.59. The van der Waals surface area contributed by atoms with Gasteiger partial charge < -0.3 is 0 Å². The van der Waals surface area contributed by atoms with Crippen LogP contribution in [0.4, 0.5) is 4.39 Å². The van der Waals surface area contributed by atoms with Crippen molar-refractivity contribution in [2.24, 2.45) is 0 Å². The number of Topliss-reactive ketones (excluding diaryl/α,β-unsaturated/α-hetero) is 1. The Kier molecular flexibility index (Phi) is 4.61. The summed E-state index contributed by atoms with van der Waals surface area (Å²) in [6.45, 7) is 0. The molecule has 0 radical (unpaired) electrons. The summed E-state index contributed by atoms with van der Waals surface area (Å²) in [6, 6.07) is 9.20. The summed E-state index contributed by atoms with van der Waals surface area (Å²) in [5.41, 5.74) is 0.615. The van der Waals surface area contributed by atoms with Crippen molar-refractivity contribution >= 4 is 44.9 Å². The predicted molar refractivity (Wildman–Crippen MR) is 78.6 cm³/mol. The number of ketones is 1. The summed E-state index contributed by atoms with van der Waals surface area (Å²) in [7, 11) is 0. The molecule has 0 saturated heterocycles. The van der Waals surface area contributed by atoms with E-state index in [1.54, 1.807) is 24.3 Å². The Morgan fingerprint density at radius 2 is 1.95 bits per heavy atom. The first-order chi connectivity index (χ1) is 8.97. The van der Waals surface area contributed by atoms with Crippen LogP contribution in [0.3, 0.4) is 0 Å². The van der Waals surface area contributed by atoms with E-state index < -0.39 is 5.82 Å². The molecule has 98 valence electrons. The van der Waals surface area contributed by atoms with Crippen LogP contribution < -0.4 is 0 Å². The van der Waals surface area contributed by atoms with Crippen molar-refractivity contribution < 1.29 is 9.18 Å². The van der Waals surface area contributed by atoms with Gasteiger partial charge in [0.2, 0.25) is 0 Å². The van der Waals surface area contributed by atoms with Crippen molar-refractivity contribution in [1.29, 1.82) is 0 Å². The molecule has 0 spiro atoms. The fourth-order valence-electron chi connectivity index (χ4n) is 1.68. The third-order valence-corrected chi connectivity index (χ3v) is 3.61. The van der Waals surface area contributed by atoms with Gasteiger partial charge in [0.25, 0.3) is 0 Å². The number of rotatable bonds is 3. The number of carbonyl (C=O) groups excluding carboxylic acids is 1. The quantitative estimate of drug-likeness (QED) is 0.676. The van der Waals surface area contributed by atoms with E-state index in [1.807, 2.05) is 0 Å². The molecular weight excluding hydrogens is 354 g/mol. The minimum Gasteiger partial charge on any atom is -0.294 e. The van der Waals surface area contributed by atoms with Crippen molar-refractivity contribution in [2.45, 2.75) is 6.42 Å². The van der Waals surface area contributed by atoms with E-state index >= 15 is 0 Å². The third-order valence-electron chi connectivity index (χ3n) is 2.58. The highest BCUT2D eigenvalue weighted by Crippen LogP contribution is 2.24. The average molecular weight is 362 g/mol. The van der Waals surface area contributed by atoms with Crippen molar-refractivity contribution in [3.8, 4) is 0 Å². The van der Waals surface area contributed by atoms with Crippen molar-refractivity contribution in [3.05, 3.63) is 67.9 Å². The van der Waals surface area contributed by atoms with E-state index in [-0.39, 0.29) is 22.8 Å². The van der Waals surface area contributed by atoms with Gasteiger partial charge in [-0.3, -0.25) is 4.79 Å². The highest BCUT2D eigenvalue weighted by atomic mass is 79.9. The summed E-state index contributed by atoms with van der Waals surface area (Å²) in [6.07, 6.45) is -0.0989. The van der Waals surface area contributed by atoms with Crippen LogP contribution in [0.5, 0.6) is 0 Å². The maximum absolute atomic E-state index is 13.6. The minimum atomic E-state index is -0.484. The monoisotopic (exact) mass is 360 g/mol. The summed E-state index contributed by atoms with van der Waals surface area (Å²) in [5, 5.41) is 0.687. The fourth-order valence-corrected chi connectivity index (χ4v) is 2.77. The molecule has 0 unspecified atom stereocenters. The maximum Gasteiger partial charge on any atom is 0.167 e. The van der Waals surface area contributed by atoms with E-state index in [2.05, 4.69) is 15.9 Å². The Labute approximate surface area is 128 Å². The highest BCUT2D eigenvalue weighted by molar-refractivity contribution is 9.10. The van der Waals surface area contributed by atoms with E-state index in [0.717, 1.165) is 0 Å². The molecule has 0 aliphatic heterocycles. The second-order valence-electron chi connectivity index (χ2n) is 3.96. The molecule has 0 N–H and O–H groups in total. The average Bonchev–Trinajstić information content (AvgIpc) is 2.32. The molecule has 2 aromatic rings. The summed E-state index contributed by atoms with van der Waals surface area (Å²) >= 11 is 15.0. The molecule has 0 fully saturated rings. The fraction of sp³-hybridized carbons (Fsp3) is 0.0714. The molecule has 2 aromatic carbocycles. The highest BCUT2D eigenvalue weighted by Gasteiger charge is 2.14. The van der Waals surface area contributed by atoms with Gasteiger partial charge in [-0.15, -0.1) is 0 Å². The second kappa shape index (κ2) is 6.04. The molecule has 1 nitrogen and oxygen atoms in total. The lowest BCUT2D eigenvalue weighted by molar-refractivity contribution is 0.0992. The summed E-state index contributed by atoms with van der Waals surface area (Å²) in [4.78, 5) is 12.1. The molecule has 0 atom stereocenters. The van der Waals surface area contributed by atoms with Crippen LogP contribution in [-0.2, 0) is 6.42 Å². The van der Waals surface area contributed by atoms with Gasteiger partial charge in [-0.25, -0.2) is 4.39 Å². The van der Waals surface area contributed by atoms with Gasteiger partial charge in [0, 0.05) is 32.1 Å². The molecule has 0 aliphatic carbocycles. The van der Waals surface area contributed by atoms with Crippen LogP contribution in [0.15, 0.2) is 40.9 Å². The zero-order chi connectivity index (χ0) is 14.0. The molecule has 0 amide bonds. The van der Waals surface area contributed by atoms with E-state index in [9.17, 15) is 9.18 Å². The standard InChI is InChI=1S/C14H8BrCl2FO/c15-9-4-8(5-10(16)6-9)14(19)7-11-12(17)2-1-3-13(11)18/h1-6H,7H2. The van der Waals surface area contributed by atoms with Crippen LogP contribution in [0, 0.1) is 5.82 Å². The minimum absolute atomic E-state index is 0.0989. The molecule has 2 rings (SSSR count). The molecule has 0 heterocycles. The summed E-state index contributed by atoms with van der Waals surface area (Å²) in [5.74, 6) is -0.725.